The van der Waals surface area contributed by atoms with E-state index < -0.39 is 0 Å². The van der Waals surface area contributed by atoms with Gasteiger partial charge in [-0.25, -0.2) is 0 Å². The molecular weight excluding hydrogens is 180 g/mol. The lowest BCUT2D eigenvalue weighted by Crippen LogP contribution is -2.13. The first-order chi connectivity index (χ1) is 7.03. The molecule has 0 aromatic carbocycles. The van der Waals surface area contributed by atoms with Crippen molar-refractivity contribution in [2.45, 2.75) is 53.4 Å². The van der Waals surface area contributed by atoms with Crippen LogP contribution in [0.2, 0.25) is 0 Å². The van der Waals surface area contributed by atoms with Crippen LogP contribution in [0.15, 0.2) is 11.1 Å². The first kappa shape index (κ1) is 9.93. The van der Waals surface area contributed by atoms with E-state index in [0.717, 1.165) is 23.7 Å². The lowest BCUT2D eigenvalue weighted by molar-refractivity contribution is 0.351. The summed E-state index contributed by atoms with van der Waals surface area (Å²) in [6, 6.07) is 0. The van der Waals surface area contributed by atoms with E-state index in [1.54, 1.807) is 5.57 Å². The quantitative estimate of drug-likeness (QED) is 0.513. The highest BCUT2D eigenvalue weighted by atomic mass is 14.7. The molecule has 0 aromatic rings. The number of hydrogen-bond donors (Lipinski definition) is 0. The van der Waals surface area contributed by atoms with E-state index in [4.69, 9.17) is 0 Å². The molecule has 4 atom stereocenters. The summed E-state index contributed by atoms with van der Waals surface area (Å²) in [6.07, 6.45) is 5.82. The van der Waals surface area contributed by atoms with E-state index in [2.05, 4.69) is 27.7 Å². The summed E-state index contributed by atoms with van der Waals surface area (Å²) in [4.78, 5) is 0. The van der Waals surface area contributed by atoms with Gasteiger partial charge in [0.1, 0.15) is 0 Å². The molecule has 15 heavy (non-hydrogen) atoms. The van der Waals surface area contributed by atoms with Crippen molar-refractivity contribution in [2.24, 2.45) is 29.1 Å². The molecular formula is C15H24. The molecule has 84 valence electrons. The zero-order valence-electron chi connectivity index (χ0n) is 10.6. The van der Waals surface area contributed by atoms with Gasteiger partial charge in [0.05, 0.1) is 0 Å². The highest BCUT2D eigenvalue weighted by molar-refractivity contribution is 5.34. The van der Waals surface area contributed by atoms with Crippen LogP contribution in [0, 0.1) is 29.1 Å². The van der Waals surface area contributed by atoms with Gasteiger partial charge in [0.2, 0.25) is 0 Å². The minimum absolute atomic E-state index is 0.638. The van der Waals surface area contributed by atoms with Gasteiger partial charge in [-0.2, -0.15) is 0 Å². The topological polar surface area (TPSA) is 0 Å². The highest BCUT2D eigenvalue weighted by Crippen LogP contribution is 2.69. The van der Waals surface area contributed by atoms with Gasteiger partial charge >= 0.3 is 0 Å². The highest BCUT2D eigenvalue weighted by Gasteiger charge is 2.61. The second kappa shape index (κ2) is 2.90. The molecule has 0 heteroatoms. The van der Waals surface area contributed by atoms with Crippen LogP contribution < -0.4 is 0 Å². The van der Waals surface area contributed by atoms with Crippen molar-refractivity contribution in [2.75, 3.05) is 0 Å². The fraction of sp³-hybridized carbons (Fsp3) is 0.867. The van der Waals surface area contributed by atoms with Gasteiger partial charge in [-0.15, -0.1) is 0 Å². The minimum Gasteiger partial charge on any atom is -0.0735 e. The van der Waals surface area contributed by atoms with Gasteiger partial charge in [0.25, 0.3) is 0 Å². The average Bonchev–Trinajstić information content (AvgIpc) is 2.55. The van der Waals surface area contributed by atoms with Crippen molar-refractivity contribution in [3.63, 3.8) is 0 Å². The van der Waals surface area contributed by atoms with E-state index in [1.165, 1.54) is 25.7 Å². The molecule has 0 radical (unpaired) electrons. The Morgan fingerprint density at radius 3 is 2.60 bits per heavy atom. The fourth-order valence-electron chi connectivity index (χ4n) is 4.62. The molecule has 0 bridgehead atoms. The van der Waals surface area contributed by atoms with Crippen LogP contribution in [-0.2, 0) is 0 Å². The van der Waals surface area contributed by atoms with Gasteiger partial charge < -0.3 is 0 Å². The molecule has 0 unspecified atom stereocenters. The predicted octanol–water partition coefficient (Wildman–Crippen LogP) is 4.42. The van der Waals surface area contributed by atoms with E-state index in [9.17, 15) is 0 Å². The summed E-state index contributed by atoms with van der Waals surface area (Å²) >= 11 is 0. The molecule has 0 amide bonds. The molecule has 0 nitrogen and oxygen atoms in total. The zero-order valence-corrected chi connectivity index (χ0v) is 10.6. The average molecular weight is 204 g/mol. The van der Waals surface area contributed by atoms with Crippen LogP contribution >= 0.6 is 0 Å². The monoisotopic (exact) mass is 204 g/mol. The Bertz CT molecular complexity index is 321. The maximum atomic E-state index is 2.49. The Balaban J connectivity index is 2.00. The van der Waals surface area contributed by atoms with Gasteiger partial charge in [0.15, 0.2) is 0 Å². The number of hydrogen-bond acceptors (Lipinski definition) is 0. The van der Waals surface area contributed by atoms with Crippen molar-refractivity contribution in [1.82, 2.24) is 0 Å². The van der Waals surface area contributed by atoms with Crippen LogP contribution in [-0.4, -0.2) is 0 Å². The summed E-state index contributed by atoms with van der Waals surface area (Å²) in [5.41, 5.74) is 4.31. The Hall–Kier alpha value is -0.260. The summed E-state index contributed by atoms with van der Waals surface area (Å²) < 4.78 is 0. The normalized spacial score (nSPS) is 47.2. The second-order valence-electron chi connectivity index (χ2n) is 6.84. The van der Waals surface area contributed by atoms with Crippen molar-refractivity contribution in [1.29, 1.82) is 0 Å². The van der Waals surface area contributed by atoms with Crippen molar-refractivity contribution < 1.29 is 0 Å². The fourth-order valence-corrected chi connectivity index (χ4v) is 4.62. The maximum absolute atomic E-state index is 2.49. The van der Waals surface area contributed by atoms with Crippen LogP contribution in [0.4, 0.5) is 0 Å². The standard InChI is InChI=1S/C15H24/c1-9-6-8-12-14(15(12,3)4)13-10(2)5-7-11(9)13/h9,11-12,14H,5-8H2,1-4H3/t9-,11-,12-,14-/m1/s1. The van der Waals surface area contributed by atoms with Crippen molar-refractivity contribution >= 4 is 0 Å². The summed E-state index contributed by atoms with van der Waals surface area (Å²) in [7, 11) is 0. The molecule has 2 fully saturated rings. The van der Waals surface area contributed by atoms with Crippen molar-refractivity contribution in [3.8, 4) is 0 Å². The van der Waals surface area contributed by atoms with E-state index >= 15 is 0 Å². The molecule has 3 rings (SSSR count). The van der Waals surface area contributed by atoms with Crippen molar-refractivity contribution in [3.05, 3.63) is 11.1 Å². The van der Waals surface area contributed by atoms with Gasteiger partial charge in [-0.1, -0.05) is 31.9 Å². The Morgan fingerprint density at radius 2 is 1.87 bits per heavy atom. The molecule has 0 heterocycles. The second-order valence-corrected chi connectivity index (χ2v) is 6.84. The SMILES string of the molecule is CC1=C2[C@H](CC1)[C@H](C)CC[C@@H]1[C@H]2C1(C)C. The van der Waals surface area contributed by atoms with E-state index in [1.807, 2.05) is 5.57 Å². The molecule has 0 aromatic heterocycles. The van der Waals surface area contributed by atoms with Crippen LogP contribution in [0.25, 0.3) is 0 Å². The van der Waals surface area contributed by atoms with Crippen LogP contribution in [0.5, 0.6) is 0 Å². The molecule has 0 N–H and O–H groups in total. The van der Waals surface area contributed by atoms with E-state index in [-0.39, 0.29) is 0 Å². The number of allylic oxidation sites excluding steroid dienone is 2. The third-order valence-corrected chi connectivity index (χ3v) is 5.73. The van der Waals surface area contributed by atoms with Gasteiger partial charge in [-0.05, 0) is 61.7 Å². The van der Waals surface area contributed by atoms with Crippen LogP contribution in [0.3, 0.4) is 0 Å². The van der Waals surface area contributed by atoms with Gasteiger partial charge in [-0.3, -0.25) is 0 Å². The third kappa shape index (κ3) is 1.20. The Labute approximate surface area is 94.1 Å². The maximum Gasteiger partial charge on any atom is -0.0110 e. The Morgan fingerprint density at radius 1 is 1.13 bits per heavy atom. The largest absolute Gasteiger partial charge is 0.0735 e. The predicted molar refractivity (Wildman–Crippen MR) is 64.6 cm³/mol. The molecule has 3 aliphatic carbocycles. The molecule has 3 aliphatic rings. The molecule has 0 spiro atoms. The minimum atomic E-state index is 0.638. The smallest absolute Gasteiger partial charge is 0.0110 e. The first-order valence-electron chi connectivity index (χ1n) is 6.73. The van der Waals surface area contributed by atoms with E-state index in [0.29, 0.717) is 5.41 Å². The lowest BCUT2D eigenvalue weighted by Gasteiger charge is -2.23. The number of fused-ring (bicyclic) bond motifs is 3. The van der Waals surface area contributed by atoms with Gasteiger partial charge in [0, 0.05) is 0 Å². The summed E-state index contributed by atoms with van der Waals surface area (Å²) in [5.74, 6) is 3.91. The first-order valence-corrected chi connectivity index (χ1v) is 6.73. The van der Waals surface area contributed by atoms with Crippen LogP contribution in [0.1, 0.15) is 53.4 Å². The molecule has 0 aliphatic heterocycles. The summed E-state index contributed by atoms with van der Waals surface area (Å²) in [5, 5.41) is 0. The molecule has 0 saturated heterocycles. The summed E-state index contributed by atoms with van der Waals surface area (Å²) in [6.45, 7) is 9.88. The lowest BCUT2D eigenvalue weighted by atomic mass is 9.82. The number of rotatable bonds is 0. The zero-order chi connectivity index (χ0) is 10.8. The molecule has 2 saturated carbocycles. The third-order valence-electron chi connectivity index (χ3n) is 5.73. The Kier molecular flexibility index (Phi) is 1.92.